The molecular formula is C22H28N2O6. The largest absolute Gasteiger partial charge is 0.493 e. The molecule has 8 nitrogen and oxygen atoms in total. The maximum Gasteiger partial charge on any atom is 0.307 e. The molecule has 0 saturated carbocycles. The Kier molecular flexibility index (Phi) is 7.35. The van der Waals surface area contributed by atoms with Crippen LogP contribution in [0.4, 0.5) is 0 Å². The first-order valence-corrected chi connectivity index (χ1v) is 9.99. The summed E-state index contributed by atoms with van der Waals surface area (Å²) in [5, 5.41) is 2.86. The number of ether oxygens (including phenoxy) is 3. The maximum absolute atomic E-state index is 12.5. The van der Waals surface area contributed by atoms with Gasteiger partial charge in [0.2, 0.25) is 5.91 Å². The lowest BCUT2D eigenvalue weighted by Crippen LogP contribution is -2.43. The van der Waals surface area contributed by atoms with Gasteiger partial charge in [0.1, 0.15) is 5.76 Å². The number of nitrogens with one attached hydrogen (secondary N) is 1. The predicted octanol–water partition coefficient (Wildman–Crippen LogP) is 2.47. The predicted molar refractivity (Wildman–Crippen MR) is 109 cm³/mol. The fraction of sp³-hybridized carbons (Fsp3) is 0.455. The van der Waals surface area contributed by atoms with Gasteiger partial charge in [-0.25, -0.2) is 0 Å². The molecule has 162 valence electrons. The van der Waals surface area contributed by atoms with Crippen LogP contribution in [0.2, 0.25) is 0 Å². The number of furan rings is 1. The van der Waals surface area contributed by atoms with Crippen LogP contribution in [-0.4, -0.2) is 50.7 Å². The van der Waals surface area contributed by atoms with Crippen molar-refractivity contribution in [1.82, 2.24) is 10.2 Å². The maximum atomic E-state index is 12.5. The molecule has 1 aromatic heterocycles. The number of hydrogen-bond acceptors (Lipinski definition) is 7. The molecule has 1 atom stereocenters. The summed E-state index contributed by atoms with van der Waals surface area (Å²) in [6, 6.07) is 7.13. The Morgan fingerprint density at radius 2 is 2.00 bits per heavy atom. The van der Waals surface area contributed by atoms with Gasteiger partial charge >= 0.3 is 5.97 Å². The molecular weight excluding hydrogens is 388 g/mol. The first-order chi connectivity index (χ1) is 14.5. The highest BCUT2D eigenvalue weighted by Crippen LogP contribution is 2.39. The van der Waals surface area contributed by atoms with E-state index in [1.165, 1.54) is 0 Å². The van der Waals surface area contributed by atoms with Gasteiger partial charge in [0.15, 0.2) is 11.5 Å². The summed E-state index contributed by atoms with van der Waals surface area (Å²) in [7, 11) is 3.17. The topological polar surface area (TPSA) is 90.2 Å². The van der Waals surface area contributed by atoms with Crippen LogP contribution in [0.15, 0.2) is 34.9 Å². The number of benzene rings is 1. The summed E-state index contributed by atoms with van der Waals surface area (Å²) in [4.78, 5) is 26.8. The Labute approximate surface area is 176 Å². The lowest BCUT2D eigenvalue weighted by atomic mass is 9.90. The van der Waals surface area contributed by atoms with Crippen molar-refractivity contribution >= 4 is 11.9 Å². The molecule has 1 aliphatic heterocycles. The Balaban J connectivity index is 1.79. The van der Waals surface area contributed by atoms with Gasteiger partial charge in [0, 0.05) is 12.6 Å². The standard InChI is InChI=1S/C22H28N2O6/c1-4-29-22(26)12-18-17-11-20(28-3)19(27-2)10-15(17)7-8-24(18)14-21(25)23-13-16-6-5-9-30-16/h5-6,9-11,18H,4,7-8,12-14H2,1-3H3,(H,23,25). The molecule has 3 rings (SSSR count). The van der Waals surface area contributed by atoms with Crippen LogP contribution in [0.5, 0.6) is 11.5 Å². The van der Waals surface area contributed by atoms with Crippen molar-refractivity contribution in [2.75, 3.05) is 33.9 Å². The zero-order chi connectivity index (χ0) is 21.5. The van der Waals surface area contributed by atoms with E-state index in [-0.39, 0.29) is 30.9 Å². The summed E-state index contributed by atoms with van der Waals surface area (Å²) in [5.41, 5.74) is 2.03. The SMILES string of the molecule is CCOC(=O)CC1c2cc(OC)c(OC)cc2CCN1CC(=O)NCc1ccco1. The van der Waals surface area contributed by atoms with Crippen LogP contribution in [0.3, 0.4) is 0 Å². The van der Waals surface area contributed by atoms with Gasteiger partial charge < -0.3 is 23.9 Å². The zero-order valence-electron chi connectivity index (χ0n) is 17.6. The Hall–Kier alpha value is -3.00. The van der Waals surface area contributed by atoms with Gasteiger partial charge in [-0.2, -0.15) is 0 Å². The van der Waals surface area contributed by atoms with Gasteiger partial charge in [-0.3, -0.25) is 14.5 Å². The number of esters is 1. The number of methoxy groups -OCH3 is 2. The third-order valence-corrected chi connectivity index (χ3v) is 5.17. The second-order valence-corrected chi connectivity index (χ2v) is 7.01. The van der Waals surface area contributed by atoms with E-state index in [4.69, 9.17) is 18.6 Å². The highest BCUT2D eigenvalue weighted by Gasteiger charge is 2.32. The van der Waals surface area contributed by atoms with Crippen molar-refractivity contribution in [2.45, 2.75) is 32.4 Å². The first kappa shape index (κ1) is 21.7. The Bertz CT molecular complexity index is 865. The van der Waals surface area contributed by atoms with E-state index in [1.807, 2.05) is 17.0 Å². The average molecular weight is 416 g/mol. The molecule has 1 unspecified atom stereocenters. The van der Waals surface area contributed by atoms with E-state index in [0.29, 0.717) is 37.0 Å². The minimum absolute atomic E-state index is 0.135. The summed E-state index contributed by atoms with van der Waals surface area (Å²) in [6.07, 6.45) is 2.46. The third kappa shape index (κ3) is 5.13. The van der Waals surface area contributed by atoms with Gasteiger partial charge in [-0.15, -0.1) is 0 Å². The van der Waals surface area contributed by atoms with Crippen molar-refractivity contribution in [1.29, 1.82) is 0 Å². The molecule has 1 amide bonds. The minimum Gasteiger partial charge on any atom is -0.493 e. The van der Waals surface area contributed by atoms with Crippen LogP contribution in [0.1, 0.15) is 36.3 Å². The number of rotatable bonds is 9. The van der Waals surface area contributed by atoms with Gasteiger partial charge in [-0.1, -0.05) is 0 Å². The van der Waals surface area contributed by atoms with Crippen molar-refractivity contribution in [3.05, 3.63) is 47.4 Å². The van der Waals surface area contributed by atoms with Gasteiger partial charge in [0.05, 0.1) is 46.6 Å². The van der Waals surface area contributed by atoms with E-state index < -0.39 is 0 Å². The minimum atomic E-state index is -0.300. The Morgan fingerprint density at radius 3 is 2.67 bits per heavy atom. The van der Waals surface area contributed by atoms with E-state index in [2.05, 4.69) is 5.32 Å². The number of amides is 1. The molecule has 30 heavy (non-hydrogen) atoms. The highest BCUT2D eigenvalue weighted by atomic mass is 16.5. The molecule has 2 heterocycles. The van der Waals surface area contributed by atoms with E-state index >= 15 is 0 Å². The molecule has 1 N–H and O–H groups in total. The van der Waals surface area contributed by atoms with Crippen molar-refractivity contribution in [2.24, 2.45) is 0 Å². The molecule has 8 heteroatoms. The summed E-state index contributed by atoms with van der Waals surface area (Å²) in [6.45, 7) is 3.22. The lowest BCUT2D eigenvalue weighted by Gasteiger charge is -2.36. The number of nitrogens with zero attached hydrogens (tertiary/aromatic N) is 1. The quantitative estimate of drug-likeness (QED) is 0.628. The van der Waals surface area contributed by atoms with Crippen LogP contribution in [0.25, 0.3) is 0 Å². The third-order valence-electron chi connectivity index (χ3n) is 5.17. The highest BCUT2D eigenvalue weighted by molar-refractivity contribution is 5.78. The number of hydrogen-bond donors (Lipinski definition) is 1. The van der Waals surface area contributed by atoms with Gasteiger partial charge in [-0.05, 0) is 48.7 Å². The summed E-state index contributed by atoms with van der Waals surface area (Å²) in [5.74, 6) is 1.49. The molecule has 0 fully saturated rings. The monoisotopic (exact) mass is 416 g/mol. The fourth-order valence-electron chi connectivity index (χ4n) is 3.73. The second kappa shape index (κ2) is 10.2. The zero-order valence-corrected chi connectivity index (χ0v) is 17.6. The fourth-order valence-corrected chi connectivity index (χ4v) is 3.73. The number of fused-ring (bicyclic) bond motifs is 1. The molecule has 0 spiro atoms. The first-order valence-electron chi connectivity index (χ1n) is 9.99. The van der Waals surface area contributed by atoms with Crippen LogP contribution in [-0.2, 0) is 27.3 Å². The van der Waals surface area contributed by atoms with Gasteiger partial charge in [0.25, 0.3) is 0 Å². The molecule has 0 aliphatic carbocycles. The summed E-state index contributed by atoms with van der Waals surface area (Å²) >= 11 is 0. The molecule has 1 aliphatic rings. The van der Waals surface area contributed by atoms with Crippen molar-refractivity contribution < 1.29 is 28.2 Å². The number of carbonyl (C=O) groups excluding carboxylic acids is 2. The normalized spacial score (nSPS) is 15.9. The number of carbonyl (C=O) groups is 2. The molecule has 2 aromatic rings. The van der Waals surface area contributed by atoms with E-state index in [0.717, 1.165) is 17.5 Å². The van der Waals surface area contributed by atoms with Crippen molar-refractivity contribution in [3.8, 4) is 11.5 Å². The smallest absolute Gasteiger partial charge is 0.307 e. The lowest BCUT2D eigenvalue weighted by molar-refractivity contribution is -0.145. The molecule has 1 aromatic carbocycles. The van der Waals surface area contributed by atoms with E-state index in [9.17, 15) is 9.59 Å². The molecule has 0 radical (unpaired) electrons. The van der Waals surface area contributed by atoms with Crippen LogP contribution in [0, 0.1) is 0 Å². The second-order valence-electron chi connectivity index (χ2n) is 7.01. The van der Waals surface area contributed by atoms with Crippen molar-refractivity contribution in [3.63, 3.8) is 0 Å². The molecule has 0 saturated heterocycles. The van der Waals surface area contributed by atoms with E-state index in [1.54, 1.807) is 39.5 Å². The van der Waals surface area contributed by atoms with Crippen LogP contribution < -0.4 is 14.8 Å². The average Bonchev–Trinajstić information content (AvgIpc) is 3.27. The van der Waals surface area contributed by atoms with Crippen LogP contribution >= 0.6 is 0 Å². The summed E-state index contributed by atoms with van der Waals surface area (Å²) < 4.78 is 21.3. The Morgan fingerprint density at radius 1 is 1.23 bits per heavy atom. The molecule has 0 bridgehead atoms.